The lowest BCUT2D eigenvalue weighted by atomic mass is 10.1. The highest BCUT2D eigenvalue weighted by Gasteiger charge is 2.24. The number of fused-ring (bicyclic) bond motifs is 1. The number of nitrogens with zero attached hydrogens (tertiary/aromatic N) is 3. The zero-order valence-electron chi connectivity index (χ0n) is 17.7. The van der Waals surface area contributed by atoms with Crippen LogP contribution in [0.3, 0.4) is 0 Å². The van der Waals surface area contributed by atoms with E-state index in [0.29, 0.717) is 27.8 Å². The first-order valence-electron chi connectivity index (χ1n) is 10.9. The van der Waals surface area contributed by atoms with Gasteiger partial charge in [-0.3, -0.25) is 4.79 Å². The van der Waals surface area contributed by atoms with E-state index in [-0.39, 0.29) is 29.5 Å². The van der Waals surface area contributed by atoms with Gasteiger partial charge in [-0.25, -0.2) is 4.98 Å². The third-order valence-electron chi connectivity index (χ3n) is 6.03. The van der Waals surface area contributed by atoms with Crippen LogP contribution in [0.5, 0.6) is 0 Å². The Kier molecular flexibility index (Phi) is 7.10. The molecule has 4 heterocycles. The van der Waals surface area contributed by atoms with Gasteiger partial charge in [-0.05, 0) is 74.6 Å². The van der Waals surface area contributed by atoms with Crippen molar-refractivity contribution in [1.29, 1.82) is 5.26 Å². The Labute approximate surface area is 190 Å². The molecule has 9 heteroatoms. The molecule has 0 radical (unpaired) electrons. The fourth-order valence-corrected chi connectivity index (χ4v) is 4.68. The Balaban J connectivity index is 1.54. The van der Waals surface area contributed by atoms with Crippen LogP contribution >= 0.6 is 15.9 Å². The number of carbonyl (C=O) groups excluding carboxylic acids is 1. The Bertz CT molecular complexity index is 972. The fraction of sp³-hybridized carbons (Fsp3) is 0.591. The van der Waals surface area contributed by atoms with Crippen LogP contribution in [-0.2, 0) is 4.74 Å². The second-order valence-electron chi connectivity index (χ2n) is 8.34. The SMILES string of the molecule is CN1CCC(Nc2nc(C(=O)NCCC3CCCCO3)c3oc(C#N)cc3c2Br)CC1. The quantitative estimate of drug-likeness (QED) is 0.637. The minimum atomic E-state index is -0.307. The molecule has 0 bridgehead atoms. The average Bonchev–Trinajstić information content (AvgIpc) is 3.23. The molecule has 8 nitrogen and oxygen atoms in total. The van der Waals surface area contributed by atoms with Crippen molar-refractivity contribution in [2.75, 3.05) is 38.6 Å². The second-order valence-corrected chi connectivity index (χ2v) is 9.14. The Hall–Kier alpha value is -2.15. The third-order valence-corrected chi connectivity index (χ3v) is 6.83. The van der Waals surface area contributed by atoms with Gasteiger partial charge >= 0.3 is 0 Å². The first-order valence-corrected chi connectivity index (χ1v) is 11.7. The topological polar surface area (TPSA) is 103 Å². The lowest BCUT2D eigenvalue weighted by Crippen LogP contribution is -2.37. The van der Waals surface area contributed by atoms with Crippen LogP contribution < -0.4 is 10.6 Å². The number of ether oxygens (including phenoxy) is 1. The van der Waals surface area contributed by atoms with Crippen molar-refractivity contribution in [2.45, 2.75) is 50.7 Å². The summed E-state index contributed by atoms with van der Waals surface area (Å²) in [4.78, 5) is 19.9. The van der Waals surface area contributed by atoms with E-state index < -0.39 is 0 Å². The van der Waals surface area contributed by atoms with Crippen molar-refractivity contribution >= 4 is 38.6 Å². The molecule has 0 saturated carbocycles. The molecule has 2 aromatic rings. The smallest absolute Gasteiger partial charge is 0.273 e. The Morgan fingerprint density at radius 1 is 1.35 bits per heavy atom. The molecular weight excluding hydrogens is 462 g/mol. The second kappa shape index (κ2) is 9.98. The van der Waals surface area contributed by atoms with Crippen molar-refractivity contribution in [2.24, 2.45) is 0 Å². The van der Waals surface area contributed by atoms with Crippen LogP contribution in [0.1, 0.15) is 54.8 Å². The number of nitriles is 1. The summed E-state index contributed by atoms with van der Waals surface area (Å²) < 4.78 is 12.1. The summed E-state index contributed by atoms with van der Waals surface area (Å²) in [6, 6.07) is 3.94. The minimum absolute atomic E-state index is 0.151. The number of piperidine rings is 1. The molecular formula is C22H28BrN5O3. The number of amides is 1. The number of hydrogen-bond donors (Lipinski definition) is 2. The largest absolute Gasteiger partial charge is 0.443 e. The highest BCUT2D eigenvalue weighted by molar-refractivity contribution is 9.10. The van der Waals surface area contributed by atoms with Crippen LogP contribution in [-0.4, -0.2) is 61.2 Å². The summed E-state index contributed by atoms with van der Waals surface area (Å²) in [5, 5.41) is 16.4. The number of hydrogen-bond acceptors (Lipinski definition) is 7. The summed E-state index contributed by atoms with van der Waals surface area (Å²) >= 11 is 3.60. The number of halogens is 1. The lowest BCUT2D eigenvalue weighted by Gasteiger charge is -2.30. The zero-order valence-corrected chi connectivity index (χ0v) is 19.3. The summed E-state index contributed by atoms with van der Waals surface area (Å²) in [6.45, 7) is 3.33. The number of anilines is 1. The molecule has 1 unspecified atom stereocenters. The van der Waals surface area contributed by atoms with E-state index >= 15 is 0 Å². The van der Waals surface area contributed by atoms with Crippen LogP contribution in [0.4, 0.5) is 5.82 Å². The van der Waals surface area contributed by atoms with Gasteiger partial charge in [0.15, 0.2) is 11.3 Å². The normalized spacial score (nSPS) is 20.5. The summed E-state index contributed by atoms with van der Waals surface area (Å²) in [6.07, 6.45) is 6.28. The molecule has 1 atom stereocenters. The van der Waals surface area contributed by atoms with E-state index in [1.54, 1.807) is 6.07 Å². The molecule has 166 valence electrons. The van der Waals surface area contributed by atoms with Crippen LogP contribution in [0.15, 0.2) is 15.0 Å². The monoisotopic (exact) mass is 489 g/mol. The summed E-state index contributed by atoms with van der Waals surface area (Å²) in [5.74, 6) is 0.449. The van der Waals surface area contributed by atoms with Gasteiger partial charge in [0.25, 0.3) is 5.91 Å². The number of rotatable bonds is 6. The van der Waals surface area contributed by atoms with Crippen molar-refractivity contribution in [3.05, 3.63) is 22.0 Å². The van der Waals surface area contributed by atoms with E-state index in [1.807, 2.05) is 6.07 Å². The third kappa shape index (κ3) is 5.20. The highest BCUT2D eigenvalue weighted by Crippen LogP contribution is 2.35. The van der Waals surface area contributed by atoms with Gasteiger partial charge in [-0.1, -0.05) is 0 Å². The molecule has 2 N–H and O–H groups in total. The Morgan fingerprint density at radius 3 is 2.87 bits per heavy atom. The standard InChI is InChI=1S/C22H28BrN5O3/c1-28-9-6-14(7-10-28)26-21-18(23)17-12-16(13-24)31-20(17)19(27-21)22(29)25-8-5-15-4-2-3-11-30-15/h12,14-15H,2-11H2,1H3,(H,25,29)(H,26,27). The Morgan fingerprint density at radius 2 is 2.16 bits per heavy atom. The van der Waals surface area contributed by atoms with E-state index in [4.69, 9.17) is 9.15 Å². The summed E-state index contributed by atoms with van der Waals surface area (Å²) in [5.41, 5.74) is 0.517. The van der Waals surface area contributed by atoms with Crippen LogP contribution in [0.2, 0.25) is 0 Å². The van der Waals surface area contributed by atoms with Crippen molar-refractivity contribution in [3.63, 3.8) is 0 Å². The fourth-order valence-electron chi connectivity index (χ4n) is 4.19. The van der Waals surface area contributed by atoms with Gasteiger partial charge in [-0.15, -0.1) is 0 Å². The molecule has 2 saturated heterocycles. The van der Waals surface area contributed by atoms with E-state index in [0.717, 1.165) is 51.8 Å². The van der Waals surface area contributed by atoms with Gasteiger partial charge in [-0.2, -0.15) is 5.26 Å². The number of carbonyl (C=O) groups is 1. The maximum Gasteiger partial charge on any atom is 0.273 e. The first-order chi connectivity index (χ1) is 15.0. The summed E-state index contributed by atoms with van der Waals surface area (Å²) in [7, 11) is 2.12. The lowest BCUT2D eigenvalue weighted by molar-refractivity contribution is 0.0117. The maximum absolute atomic E-state index is 13.0. The molecule has 0 spiro atoms. The highest BCUT2D eigenvalue weighted by atomic mass is 79.9. The molecule has 2 aromatic heterocycles. The molecule has 2 fully saturated rings. The van der Waals surface area contributed by atoms with Gasteiger partial charge in [0.2, 0.25) is 5.76 Å². The van der Waals surface area contributed by atoms with Crippen molar-refractivity contribution < 1.29 is 13.9 Å². The van der Waals surface area contributed by atoms with Crippen LogP contribution in [0.25, 0.3) is 11.0 Å². The van der Waals surface area contributed by atoms with Gasteiger partial charge in [0, 0.05) is 30.6 Å². The van der Waals surface area contributed by atoms with Crippen molar-refractivity contribution in [3.8, 4) is 6.07 Å². The molecule has 2 aliphatic rings. The van der Waals surface area contributed by atoms with E-state index in [2.05, 4.69) is 43.5 Å². The van der Waals surface area contributed by atoms with E-state index in [1.165, 1.54) is 6.42 Å². The molecule has 0 aromatic carbocycles. The van der Waals surface area contributed by atoms with Crippen LogP contribution in [0, 0.1) is 11.3 Å². The molecule has 4 rings (SSSR count). The number of likely N-dealkylation sites (tertiary alicyclic amines) is 1. The maximum atomic E-state index is 13.0. The molecule has 1 amide bonds. The van der Waals surface area contributed by atoms with E-state index in [9.17, 15) is 10.1 Å². The molecule has 31 heavy (non-hydrogen) atoms. The van der Waals surface area contributed by atoms with Gasteiger partial charge in [0.1, 0.15) is 11.9 Å². The van der Waals surface area contributed by atoms with Crippen molar-refractivity contribution in [1.82, 2.24) is 15.2 Å². The molecule has 2 aliphatic heterocycles. The average molecular weight is 490 g/mol. The number of aromatic nitrogens is 1. The van der Waals surface area contributed by atoms with Gasteiger partial charge < -0.3 is 24.7 Å². The molecule has 0 aliphatic carbocycles. The number of pyridine rings is 1. The number of nitrogens with one attached hydrogen (secondary N) is 2. The number of furan rings is 1. The minimum Gasteiger partial charge on any atom is -0.443 e. The first kappa shape index (κ1) is 22.1. The van der Waals surface area contributed by atoms with Gasteiger partial charge in [0.05, 0.1) is 10.6 Å². The zero-order chi connectivity index (χ0) is 21.8. The predicted octanol–water partition coefficient (Wildman–Crippen LogP) is 3.66. The predicted molar refractivity (Wildman–Crippen MR) is 121 cm³/mol.